The zero-order valence-corrected chi connectivity index (χ0v) is 15.0. The number of H-pyrrole nitrogens is 1. The molecule has 1 aliphatic rings. The number of rotatable bonds is 6. The van der Waals surface area contributed by atoms with Crippen molar-refractivity contribution >= 4 is 33.7 Å². The van der Waals surface area contributed by atoms with E-state index in [2.05, 4.69) is 31.4 Å². The summed E-state index contributed by atoms with van der Waals surface area (Å²) in [6.45, 7) is 0.716. The minimum absolute atomic E-state index is 0.135. The van der Waals surface area contributed by atoms with Crippen LogP contribution >= 0.6 is 15.9 Å². The topological polar surface area (TPSA) is 95.2 Å². The van der Waals surface area contributed by atoms with Crippen LogP contribution in [0.3, 0.4) is 0 Å². The van der Waals surface area contributed by atoms with E-state index in [0.29, 0.717) is 30.9 Å². The van der Waals surface area contributed by atoms with E-state index in [1.165, 1.54) is 4.90 Å². The van der Waals surface area contributed by atoms with Crippen LogP contribution in [0.25, 0.3) is 11.3 Å². The number of hydrogen-bond acceptors (Lipinski definition) is 4. The molecule has 0 atom stereocenters. The summed E-state index contributed by atoms with van der Waals surface area (Å²) in [5.41, 5.74) is 1.96. The van der Waals surface area contributed by atoms with Gasteiger partial charge in [0.25, 0.3) is 5.91 Å². The van der Waals surface area contributed by atoms with Gasteiger partial charge in [-0.3, -0.25) is 24.4 Å². The van der Waals surface area contributed by atoms with Crippen molar-refractivity contribution in [3.63, 3.8) is 0 Å². The highest BCUT2D eigenvalue weighted by Crippen LogP contribution is 2.20. The quantitative estimate of drug-likeness (QED) is 0.569. The molecular formula is C17H17BrN4O3. The Labute approximate surface area is 152 Å². The summed E-state index contributed by atoms with van der Waals surface area (Å²) in [7, 11) is 0. The van der Waals surface area contributed by atoms with Gasteiger partial charge in [-0.2, -0.15) is 5.10 Å². The van der Waals surface area contributed by atoms with Gasteiger partial charge in [-0.05, 0) is 24.6 Å². The molecule has 130 valence electrons. The first-order chi connectivity index (χ1) is 12.0. The molecule has 8 heteroatoms. The fourth-order valence-corrected chi connectivity index (χ4v) is 2.88. The number of carbonyl (C=O) groups is 3. The Hall–Kier alpha value is -2.48. The third kappa shape index (κ3) is 4.14. The van der Waals surface area contributed by atoms with Gasteiger partial charge in [-0.25, -0.2) is 0 Å². The van der Waals surface area contributed by atoms with Crippen molar-refractivity contribution in [2.75, 3.05) is 13.1 Å². The van der Waals surface area contributed by atoms with Crippen LogP contribution in [0.2, 0.25) is 0 Å². The highest BCUT2D eigenvalue weighted by molar-refractivity contribution is 9.10. The molecule has 3 amide bonds. The number of amides is 3. The van der Waals surface area contributed by atoms with Gasteiger partial charge in [0.1, 0.15) is 5.69 Å². The number of carbonyl (C=O) groups excluding carboxylic acids is 3. The molecule has 0 saturated carbocycles. The summed E-state index contributed by atoms with van der Waals surface area (Å²) in [5.74, 6) is -0.539. The SMILES string of the molecule is O=C(NCCCN1C(=O)CCC1=O)c1cc(-c2ccc(Br)cc2)n[nH]1. The fraction of sp³-hybridized carbons (Fsp3) is 0.294. The second-order valence-corrected chi connectivity index (χ2v) is 6.64. The Morgan fingerprint density at radius 3 is 2.56 bits per heavy atom. The predicted molar refractivity (Wildman–Crippen MR) is 94.6 cm³/mol. The van der Waals surface area contributed by atoms with Crippen molar-refractivity contribution in [1.82, 2.24) is 20.4 Å². The van der Waals surface area contributed by atoms with Crippen LogP contribution in [0, 0.1) is 0 Å². The summed E-state index contributed by atoms with van der Waals surface area (Å²) < 4.78 is 0.972. The van der Waals surface area contributed by atoms with Crippen LogP contribution in [0.4, 0.5) is 0 Å². The lowest BCUT2D eigenvalue weighted by atomic mass is 10.1. The zero-order valence-electron chi connectivity index (χ0n) is 13.4. The first kappa shape index (κ1) is 17.3. The van der Waals surface area contributed by atoms with Gasteiger partial charge in [0, 0.05) is 36.0 Å². The van der Waals surface area contributed by atoms with Crippen LogP contribution in [-0.2, 0) is 9.59 Å². The Morgan fingerprint density at radius 2 is 1.88 bits per heavy atom. The number of hydrogen-bond donors (Lipinski definition) is 2. The number of halogens is 1. The number of aromatic amines is 1. The standard InChI is InChI=1S/C17H17BrN4O3/c18-12-4-2-11(3-5-12)13-10-14(21-20-13)17(25)19-8-1-9-22-15(23)6-7-16(22)24/h2-5,10H,1,6-9H2,(H,19,25)(H,20,21). The summed E-state index contributed by atoms with van der Waals surface area (Å²) in [5, 5.41) is 9.63. The third-order valence-corrected chi connectivity index (χ3v) is 4.49. The maximum atomic E-state index is 12.1. The Morgan fingerprint density at radius 1 is 1.20 bits per heavy atom. The van der Waals surface area contributed by atoms with E-state index in [4.69, 9.17) is 0 Å². The number of likely N-dealkylation sites (tertiary alicyclic amines) is 1. The average molecular weight is 405 g/mol. The largest absolute Gasteiger partial charge is 0.351 e. The molecule has 2 aromatic rings. The molecule has 1 aliphatic heterocycles. The first-order valence-corrected chi connectivity index (χ1v) is 8.76. The molecule has 0 spiro atoms. The number of nitrogens with one attached hydrogen (secondary N) is 2. The van der Waals surface area contributed by atoms with Gasteiger partial charge < -0.3 is 5.32 Å². The van der Waals surface area contributed by atoms with Crippen molar-refractivity contribution in [2.45, 2.75) is 19.3 Å². The van der Waals surface area contributed by atoms with Crippen LogP contribution in [-0.4, -0.2) is 45.9 Å². The molecule has 3 rings (SSSR count). The van der Waals surface area contributed by atoms with Crippen LogP contribution in [0.15, 0.2) is 34.8 Å². The molecular weight excluding hydrogens is 388 g/mol. The lowest BCUT2D eigenvalue weighted by Gasteiger charge is -2.13. The molecule has 1 saturated heterocycles. The van der Waals surface area contributed by atoms with Crippen LogP contribution in [0.5, 0.6) is 0 Å². The first-order valence-electron chi connectivity index (χ1n) is 7.97. The Balaban J connectivity index is 1.49. The maximum absolute atomic E-state index is 12.1. The summed E-state index contributed by atoms with van der Waals surface area (Å²) >= 11 is 3.38. The third-order valence-electron chi connectivity index (χ3n) is 3.96. The molecule has 2 heterocycles. The number of benzene rings is 1. The summed E-state index contributed by atoms with van der Waals surface area (Å²) in [6, 6.07) is 9.32. The normalized spacial score (nSPS) is 14.2. The van der Waals surface area contributed by atoms with Crippen molar-refractivity contribution in [3.8, 4) is 11.3 Å². The molecule has 1 aromatic heterocycles. The summed E-state index contributed by atoms with van der Waals surface area (Å²) in [6.07, 6.45) is 1.10. The smallest absolute Gasteiger partial charge is 0.269 e. The fourth-order valence-electron chi connectivity index (χ4n) is 2.61. The van der Waals surface area contributed by atoms with E-state index in [1.807, 2.05) is 24.3 Å². The molecule has 0 aliphatic carbocycles. The van der Waals surface area contributed by atoms with E-state index >= 15 is 0 Å². The molecule has 1 fully saturated rings. The van der Waals surface area contributed by atoms with Gasteiger partial charge in [0.2, 0.25) is 11.8 Å². The number of imide groups is 1. The monoisotopic (exact) mass is 404 g/mol. The number of nitrogens with zero attached hydrogens (tertiary/aromatic N) is 2. The van der Waals surface area contributed by atoms with E-state index < -0.39 is 0 Å². The van der Waals surface area contributed by atoms with E-state index in [-0.39, 0.29) is 30.6 Å². The van der Waals surface area contributed by atoms with Gasteiger partial charge in [0.05, 0.1) is 5.69 Å². The van der Waals surface area contributed by atoms with E-state index in [9.17, 15) is 14.4 Å². The molecule has 2 N–H and O–H groups in total. The molecule has 0 unspecified atom stereocenters. The minimum Gasteiger partial charge on any atom is -0.351 e. The average Bonchev–Trinajstić information content (AvgIpc) is 3.21. The molecule has 25 heavy (non-hydrogen) atoms. The second kappa shape index (κ2) is 7.60. The summed E-state index contributed by atoms with van der Waals surface area (Å²) in [4.78, 5) is 36.4. The Bertz CT molecular complexity index is 784. The Kier molecular flexibility index (Phi) is 5.28. The van der Waals surface area contributed by atoms with Crippen LogP contribution < -0.4 is 5.32 Å². The van der Waals surface area contributed by atoms with Crippen molar-refractivity contribution < 1.29 is 14.4 Å². The predicted octanol–water partition coefficient (Wildman–Crippen LogP) is 2.11. The van der Waals surface area contributed by atoms with E-state index in [0.717, 1.165) is 10.0 Å². The molecule has 1 aromatic carbocycles. The zero-order chi connectivity index (χ0) is 17.8. The van der Waals surface area contributed by atoms with E-state index in [1.54, 1.807) is 6.07 Å². The van der Waals surface area contributed by atoms with Crippen molar-refractivity contribution in [1.29, 1.82) is 0 Å². The number of aromatic nitrogens is 2. The maximum Gasteiger partial charge on any atom is 0.269 e. The molecule has 7 nitrogen and oxygen atoms in total. The van der Waals surface area contributed by atoms with Crippen molar-refractivity contribution in [2.24, 2.45) is 0 Å². The van der Waals surface area contributed by atoms with Gasteiger partial charge in [-0.15, -0.1) is 0 Å². The van der Waals surface area contributed by atoms with Crippen molar-refractivity contribution in [3.05, 3.63) is 40.5 Å². The highest BCUT2D eigenvalue weighted by atomic mass is 79.9. The highest BCUT2D eigenvalue weighted by Gasteiger charge is 2.27. The molecule has 0 bridgehead atoms. The van der Waals surface area contributed by atoms with Crippen LogP contribution in [0.1, 0.15) is 29.8 Å². The second-order valence-electron chi connectivity index (χ2n) is 5.72. The van der Waals surface area contributed by atoms with Gasteiger partial charge in [0.15, 0.2) is 0 Å². The minimum atomic E-state index is -0.269. The molecule has 0 radical (unpaired) electrons. The lowest BCUT2D eigenvalue weighted by Crippen LogP contribution is -2.33. The van der Waals surface area contributed by atoms with Gasteiger partial charge >= 0.3 is 0 Å². The lowest BCUT2D eigenvalue weighted by molar-refractivity contribution is -0.138. The van der Waals surface area contributed by atoms with Gasteiger partial charge in [-0.1, -0.05) is 28.1 Å².